The van der Waals surface area contributed by atoms with Crippen molar-refractivity contribution in [3.8, 4) is 11.5 Å². The molecule has 0 aliphatic heterocycles. The van der Waals surface area contributed by atoms with Gasteiger partial charge in [0, 0.05) is 11.3 Å². The molecule has 0 saturated heterocycles. The van der Waals surface area contributed by atoms with Gasteiger partial charge in [0.25, 0.3) is 5.91 Å². The number of amides is 1. The molecular formula is C16H15ClFNO3. The van der Waals surface area contributed by atoms with Crippen molar-refractivity contribution < 1.29 is 18.7 Å². The van der Waals surface area contributed by atoms with Gasteiger partial charge in [-0.25, -0.2) is 4.39 Å². The second-order valence-electron chi connectivity index (χ2n) is 4.61. The summed E-state index contributed by atoms with van der Waals surface area (Å²) in [6.45, 7) is 1.62. The lowest BCUT2D eigenvalue weighted by molar-refractivity contribution is 0.102. The molecule has 2 aromatic rings. The zero-order chi connectivity index (χ0) is 16.3. The zero-order valence-electron chi connectivity index (χ0n) is 12.4. The first-order chi connectivity index (χ1) is 10.5. The molecular weight excluding hydrogens is 309 g/mol. The fraction of sp³-hybridized carbons (Fsp3) is 0.188. The summed E-state index contributed by atoms with van der Waals surface area (Å²) in [6.07, 6.45) is 0. The summed E-state index contributed by atoms with van der Waals surface area (Å²) in [5.41, 5.74) is 1.25. The Labute approximate surface area is 132 Å². The Morgan fingerprint density at radius 2 is 1.91 bits per heavy atom. The zero-order valence-corrected chi connectivity index (χ0v) is 13.1. The Hall–Kier alpha value is -2.27. The van der Waals surface area contributed by atoms with Crippen molar-refractivity contribution in [1.29, 1.82) is 0 Å². The van der Waals surface area contributed by atoms with E-state index in [1.807, 2.05) is 0 Å². The highest BCUT2D eigenvalue weighted by Crippen LogP contribution is 2.36. The van der Waals surface area contributed by atoms with E-state index in [4.69, 9.17) is 21.1 Å². The van der Waals surface area contributed by atoms with Gasteiger partial charge in [0.1, 0.15) is 5.82 Å². The number of carbonyl (C=O) groups excluding carboxylic acids is 1. The smallest absolute Gasteiger partial charge is 0.255 e. The topological polar surface area (TPSA) is 47.6 Å². The van der Waals surface area contributed by atoms with Crippen LogP contribution in [0.25, 0.3) is 0 Å². The highest BCUT2D eigenvalue weighted by molar-refractivity contribution is 6.32. The number of carbonyl (C=O) groups is 1. The van der Waals surface area contributed by atoms with Crippen LogP contribution in [0.15, 0.2) is 30.3 Å². The van der Waals surface area contributed by atoms with Gasteiger partial charge in [-0.1, -0.05) is 11.6 Å². The Bertz CT molecular complexity index is 719. The van der Waals surface area contributed by atoms with Crippen molar-refractivity contribution in [3.05, 3.63) is 52.3 Å². The minimum absolute atomic E-state index is 0.266. The lowest BCUT2D eigenvalue weighted by Gasteiger charge is -2.12. The number of hydrogen-bond donors (Lipinski definition) is 1. The number of aryl methyl sites for hydroxylation is 1. The molecule has 0 aromatic heterocycles. The van der Waals surface area contributed by atoms with Crippen molar-refractivity contribution in [1.82, 2.24) is 0 Å². The van der Waals surface area contributed by atoms with Crippen LogP contribution in [0.3, 0.4) is 0 Å². The molecule has 0 aliphatic rings. The van der Waals surface area contributed by atoms with E-state index in [2.05, 4.69) is 5.32 Å². The van der Waals surface area contributed by atoms with Crippen molar-refractivity contribution in [2.24, 2.45) is 0 Å². The molecule has 6 heteroatoms. The van der Waals surface area contributed by atoms with Crippen molar-refractivity contribution in [2.75, 3.05) is 19.5 Å². The van der Waals surface area contributed by atoms with Gasteiger partial charge >= 0.3 is 0 Å². The summed E-state index contributed by atoms with van der Waals surface area (Å²) in [4.78, 5) is 12.3. The normalized spacial score (nSPS) is 10.2. The van der Waals surface area contributed by atoms with E-state index in [1.54, 1.807) is 13.0 Å². The molecule has 0 radical (unpaired) electrons. The molecule has 22 heavy (non-hydrogen) atoms. The first-order valence-electron chi connectivity index (χ1n) is 6.45. The van der Waals surface area contributed by atoms with Crippen LogP contribution in [0, 0.1) is 12.7 Å². The minimum atomic E-state index is -0.381. The van der Waals surface area contributed by atoms with Gasteiger partial charge in [-0.3, -0.25) is 4.79 Å². The van der Waals surface area contributed by atoms with E-state index in [0.717, 1.165) is 0 Å². The second kappa shape index (κ2) is 6.66. The Morgan fingerprint density at radius 3 is 2.50 bits per heavy atom. The Morgan fingerprint density at radius 1 is 1.18 bits per heavy atom. The van der Waals surface area contributed by atoms with Gasteiger partial charge in [-0.2, -0.15) is 0 Å². The van der Waals surface area contributed by atoms with Crippen LogP contribution in [0.2, 0.25) is 5.02 Å². The summed E-state index contributed by atoms with van der Waals surface area (Å²) < 4.78 is 23.5. The van der Waals surface area contributed by atoms with Crippen molar-refractivity contribution in [2.45, 2.75) is 6.92 Å². The molecule has 0 atom stereocenters. The van der Waals surface area contributed by atoms with Crippen LogP contribution in [-0.2, 0) is 0 Å². The van der Waals surface area contributed by atoms with Crippen molar-refractivity contribution >= 4 is 23.2 Å². The number of rotatable bonds is 4. The average Bonchev–Trinajstić information content (AvgIpc) is 2.50. The molecule has 116 valence electrons. The van der Waals surface area contributed by atoms with E-state index in [9.17, 15) is 9.18 Å². The lowest BCUT2D eigenvalue weighted by Crippen LogP contribution is -2.12. The SMILES string of the molecule is COc1cc(C(=O)Nc2ccc(F)c(C)c2)cc(Cl)c1OC. The quantitative estimate of drug-likeness (QED) is 0.923. The molecule has 2 aromatic carbocycles. The molecule has 0 saturated carbocycles. The Kier molecular flexibility index (Phi) is 4.88. The van der Waals surface area contributed by atoms with Crippen LogP contribution < -0.4 is 14.8 Å². The van der Waals surface area contributed by atoms with E-state index in [1.165, 1.54) is 38.5 Å². The molecule has 1 amide bonds. The van der Waals surface area contributed by atoms with Crippen LogP contribution >= 0.6 is 11.6 Å². The van der Waals surface area contributed by atoms with E-state index >= 15 is 0 Å². The van der Waals surface area contributed by atoms with Gasteiger partial charge in [0.15, 0.2) is 11.5 Å². The maximum atomic E-state index is 13.2. The van der Waals surface area contributed by atoms with Crippen molar-refractivity contribution in [3.63, 3.8) is 0 Å². The van der Waals surface area contributed by atoms with Gasteiger partial charge in [0.2, 0.25) is 0 Å². The van der Waals surface area contributed by atoms with Crippen LogP contribution in [-0.4, -0.2) is 20.1 Å². The summed E-state index contributed by atoms with van der Waals surface area (Å²) >= 11 is 6.07. The molecule has 4 nitrogen and oxygen atoms in total. The fourth-order valence-electron chi connectivity index (χ4n) is 1.97. The summed E-state index contributed by atoms with van der Waals surface area (Å²) in [5, 5.41) is 2.95. The van der Waals surface area contributed by atoms with Crippen LogP contribution in [0.4, 0.5) is 10.1 Å². The number of hydrogen-bond acceptors (Lipinski definition) is 3. The number of ether oxygens (including phenoxy) is 2. The molecule has 2 rings (SSSR count). The number of nitrogens with one attached hydrogen (secondary N) is 1. The summed E-state index contributed by atoms with van der Waals surface area (Å²) in [5.74, 6) is 0.00908. The first-order valence-corrected chi connectivity index (χ1v) is 6.83. The molecule has 0 spiro atoms. The minimum Gasteiger partial charge on any atom is -0.493 e. The van der Waals surface area contributed by atoms with E-state index in [-0.39, 0.29) is 16.7 Å². The molecule has 1 N–H and O–H groups in total. The molecule has 0 aliphatic carbocycles. The third kappa shape index (κ3) is 3.31. The standard InChI is InChI=1S/C16H15ClFNO3/c1-9-6-11(4-5-13(9)18)19-16(20)10-7-12(17)15(22-3)14(8-10)21-2/h4-8H,1-3H3,(H,19,20). The van der Waals surface area contributed by atoms with Crippen LogP contribution in [0.5, 0.6) is 11.5 Å². The fourth-order valence-corrected chi connectivity index (χ4v) is 2.26. The maximum absolute atomic E-state index is 13.2. The monoisotopic (exact) mass is 323 g/mol. The molecule has 0 unspecified atom stereocenters. The van der Waals surface area contributed by atoms with Gasteiger partial charge < -0.3 is 14.8 Å². The lowest BCUT2D eigenvalue weighted by atomic mass is 10.1. The molecule has 0 bridgehead atoms. The molecule has 0 fully saturated rings. The van der Waals surface area contributed by atoms with Gasteiger partial charge in [-0.05, 0) is 42.8 Å². The third-order valence-electron chi connectivity index (χ3n) is 3.11. The largest absolute Gasteiger partial charge is 0.493 e. The number of anilines is 1. The number of benzene rings is 2. The maximum Gasteiger partial charge on any atom is 0.255 e. The summed E-state index contributed by atoms with van der Waals surface area (Å²) in [7, 11) is 2.92. The highest BCUT2D eigenvalue weighted by atomic mass is 35.5. The average molecular weight is 324 g/mol. The summed E-state index contributed by atoms with van der Waals surface area (Å²) in [6, 6.07) is 7.34. The van der Waals surface area contributed by atoms with E-state index < -0.39 is 0 Å². The molecule has 0 heterocycles. The highest BCUT2D eigenvalue weighted by Gasteiger charge is 2.15. The van der Waals surface area contributed by atoms with Gasteiger partial charge in [0.05, 0.1) is 19.2 Å². The van der Waals surface area contributed by atoms with E-state index in [0.29, 0.717) is 28.3 Å². The number of methoxy groups -OCH3 is 2. The predicted octanol–water partition coefficient (Wildman–Crippen LogP) is 4.06. The van der Waals surface area contributed by atoms with Gasteiger partial charge in [-0.15, -0.1) is 0 Å². The number of halogens is 2. The third-order valence-corrected chi connectivity index (χ3v) is 3.39. The first kappa shape index (κ1) is 16.1. The Balaban J connectivity index is 2.29. The predicted molar refractivity (Wildman–Crippen MR) is 83.6 cm³/mol. The van der Waals surface area contributed by atoms with Crippen LogP contribution in [0.1, 0.15) is 15.9 Å². The second-order valence-corrected chi connectivity index (χ2v) is 5.02.